The average Bonchev–Trinajstić information content (AvgIpc) is 2.67. The van der Waals surface area contributed by atoms with Crippen molar-refractivity contribution in [3.63, 3.8) is 0 Å². The molecule has 1 N–H and O–H groups in total. The summed E-state index contributed by atoms with van der Waals surface area (Å²) >= 11 is 0. The Morgan fingerprint density at radius 3 is 2.88 bits per heavy atom. The van der Waals surface area contributed by atoms with Crippen LogP contribution in [0.15, 0.2) is 24.3 Å². The summed E-state index contributed by atoms with van der Waals surface area (Å²) in [6, 6.07) is 6.98. The molecule has 0 radical (unpaired) electrons. The van der Waals surface area contributed by atoms with E-state index in [1.165, 1.54) is 0 Å². The lowest BCUT2D eigenvalue weighted by Gasteiger charge is -1.93. The molecule has 1 aromatic heterocycles. The third-order valence-corrected chi connectivity index (χ3v) is 2.67. The van der Waals surface area contributed by atoms with Gasteiger partial charge in [-0.05, 0) is 25.0 Å². The molecule has 0 unspecified atom stereocenters. The van der Waals surface area contributed by atoms with Crippen LogP contribution in [0.4, 0.5) is 5.69 Å². The summed E-state index contributed by atoms with van der Waals surface area (Å²) in [5.74, 6) is 0. The van der Waals surface area contributed by atoms with Gasteiger partial charge in [0.05, 0.1) is 10.4 Å². The van der Waals surface area contributed by atoms with E-state index in [0.717, 1.165) is 35.9 Å². The molecule has 4 nitrogen and oxygen atoms in total. The fraction of sp³-hybridized carbons (Fsp3) is 0.333. The number of aromatic nitrogens is 1. The molecule has 16 heavy (non-hydrogen) atoms. The maximum Gasteiger partial charge on any atom is 0.271 e. The van der Waals surface area contributed by atoms with Crippen LogP contribution in [0.2, 0.25) is 0 Å². The van der Waals surface area contributed by atoms with Gasteiger partial charge in [0.25, 0.3) is 5.69 Å². The minimum absolute atomic E-state index is 0.136. The molecule has 4 heteroatoms. The molecule has 2 aromatic rings. The number of H-pyrrole nitrogens is 1. The first kappa shape index (κ1) is 10.7. The van der Waals surface area contributed by atoms with Gasteiger partial charge in [0.15, 0.2) is 0 Å². The van der Waals surface area contributed by atoms with Crippen LogP contribution in [0, 0.1) is 10.1 Å². The first-order valence-electron chi connectivity index (χ1n) is 5.46. The molecule has 0 bridgehead atoms. The highest BCUT2D eigenvalue weighted by molar-refractivity contribution is 5.82. The van der Waals surface area contributed by atoms with E-state index in [4.69, 9.17) is 0 Å². The average molecular weight is 218 g/mol. The number of non-ortho nitro benzene ring substituents is 1. The number of nitro benzene ring substituents is 1. The van der Waals surface area contributed by atoms with Crippen LogP contribution < -0.4 is 0 Å². The first-order chi connectivity index (χ1) is 7.70. The van der Waals surface area contributed by atoms with Crippen LogP contribution in [0.5, 0.6) is 0 Å². The molecular formula is C12H14N2O2. The highest BCUT2D eigenvalue weighted by Gasteiger charge is 2.07. The summed E-state index contributed by atoms with van der Waals surface area (Å²) in [5.41, 5.74) is 2.13. The number of nitro groups is 1. The second kappa shape index (κ2) is 4.35. The Hall–Kier alpha value is -1.84. The largest absolute Gasteiger partial charge is 0.358 e. The van der Waals surface area contributed by atoms with Crippen molar-refractivity contribution in [2.75, 3.05) is 0 Å². The van der Waals surface area contributed by atoms with Gasteiger partial charge in [0.1, 0.15) is 0 Å². The van der Waals surface area contributed by atoms with E-state index in [9.17, 15) is 10.1 Å². The quantitative estimate of drug-likeness (QED) is 0.631. The summed E-state index contributed by atoms with van der Waals surface area (Å²) in [5, 5.41) is 11.7. The number of nitrogens with zero attached hydrogens (tertiary/aromatic N) is 1. The van der Waals surface area contributed by atoms with Crippen molar-refractivity contribution in [1.29, 1.82) is 0 Å². The van der Waals surface area contributed by atoms with Gasteiger partial charge in [-0.1, -0.05) is 13.3 Å². The Morgan fingerprint density at radius 1 is 1.38 bits per heavy atom. The number of nitrogens with one attached hydrogen (secondary N) is 1. The molecule has 0 aliphatic carbocycles. The summed E-state index contributed by atoms with van der Waals surface area (Å²) in [6.45, 7) is 2.15. The van der Waals surface area contributed by atoms with E-state index in [1.54, 1.807) is 18.2 Å². The van der Waals surface area contributed by atoms with Crippen LogP contribution in [-0.4, -0.2) is 9.91 Å². The van der Waals surface area contributed by atoms with Crippen LogP contribution in [-0.2, 0) is 6.42 Å². The van der Waals surface area contributed by atoms with Crippen LogP contribution >= 0.6 is 0 Å². The molecule has 0 amide bonds. The van der Waals surface area contributed by atoms with Crippen molar-refractivity contribution in [2.45, 2.75) is 26.2 Å². The van der Waals surface area contributed by atoms with Gasteiger partial charge in [-0.3, -0.25) is 10.1 Å². The van der Waals surface area contributed by atoms with Crippen LogP contribution in [0.25, 0.3) is 10.9 Å². The van der Waals surface area contributed by atoms with Crippen molar-refractivity contribution in [3.8, 4) is 0 Å². The normalized spacial score (nSPS) is 10.8. The summed E-state index contributed by atoms with van der Waals surface area (Å²) in [4.78, 5) is 13.5. The second-order valence-electron chi connectivity index (χ2n) is 3.93. The summed E-state index contributed by atoms with van der Waals surface area (Å²) in [6.07, 6.45) is 3.28. The van der Waals surface area contributed by atoms with Gasteiger partial charge in [-0.15, -0.1) is 0 Å². The molecule has 1 heterocycles. The fourth-order valence-electron chi connectivity index (χ4n) is 1.79. The van der Waals surface area contributed by atoms with Crippen LogP contribution in [0.1, 0.15) is 25.5 Å². The zero-order chi connectivity index (χ0) is 11.5. The fourth-order valence-corrected chi connectivity index (χ4v) is 1.79. The Kier molecular flexibility index (Phi) is 2.90. The van der Waals surface area contributed by atoms with Crippen molar-refractivity contribution in [1.82, 2.24) is 4.98 Å². The predicted octanol–water partition coefficient (Wildman–Crippen LogP) is 3.42. The second-order valence-corrected chi connectivity index (χ2v) is 3.93. The van der Waals surface area contributed by atoms with E-state index >= 15 is 0 Å². The summed E-state index contributed by atoms with van der Waals surface area (Å²) in [7, 11) is 0. The molecule has 0 saturated carbocycles. The number of hydrogen-bond donors (Lipinski definition) is 1. The molecule has 84 valence electrons. The number of benzene rings is 1. The maximum absolute atomic E-state index is 10.6. The molecule has 0 fully saturated rings. The van der Waals surface area contributed by atoms with E-state index in [0.29, 0.717) is 0 Å². The first-order valence-corrected chi connectivity index (χ1v) is 5.46. The Morgan fingerprint density at radius 2 is 2.19 bits per heavy atom. The molecule has 0 aliphatic rings. The third kappa shape index (κ3) is 2.05. The molecule has 0 aliphatic heterocycles. The third-order valence-electron chi connectivity index (χ3n) is 2.67. The lowest BCUT2D eigenvalue weighted by molar-refractivity contribution is -0.384. The number of aryl methyl sites for hydroxylation is 1. The van der Waals surface area contributed by atoms with E-state index in [2.05, 4.69) is 18.0 Å². The monoisotopic (exact) mass is 218 g/mol. The Balaban J connectivity index is 2.34. The molecule has 1 aromatic carbocycles. The van der Waals surface area contributed by atoms with Crippen molar-refractivity contribution in [2.24, 2.45) is 0 Å². The molecule has 2 rings (SSSR count). The zero-order valence-corrected chi connectivity index (χ0v) is 9.19. The lowest BCUT2D eigenvalue weighted by atomic mass is 10.2. The minimum atomic E-state index is -0.369. The molecule has 0 spiro atoms. The van der Waals surface area contributed by atoms with E-state index in [1.807, 2.05) is 0 Å². The highest BCUT2D eigenvalue weighted by atomic mass is 16.6. The maximum atomic E-state index is 10.6. The number of aromatic amines is 1. The van der Waals surface area contributed by atoms with Gasteiger partial charge in [0, 0.05) is 23.2 Å². The zero-order valence-electron chi connectivity index (χ0n) is 9.19. The molecule has 0 saturated heterocycles. The number of unbranched alkanes of at least 4 members (excludes halogenated alkanes) is 1. The molecule has 0 atom stereocenters. The SMILES string of the molecule is CCCCc1cc2ccc([N+](=O)[O-])cc2[nH]1. The number of fused-ring (bicyclic) bond motifs is 1. The smallest absolute Gasteiger partial charge is 0.271 e. The van der Waals surface area contributed by atoms with Crippen molar-refractivity contribution < 1.29 is 4.92 Å². The predicted molar refractivity (Wildman–Crippen MR) is 63.6 cm³/mol. The van der Waals surface area contributed by atoms with Gasteiger partial charge in [-0.25, -0.2) is 0 Å². The lowest BCUT2D eigenvalue weighted by Crippen LogP contribution is -1.86. The minimum Gasteiger partial charge on any atom is -0.358 e. The van der Waals surface area contributed by atoms with E-state index in [-0.39, 0.29) is 10.6 Å². The van der Waals surface area contributed by atoms with E-state index < -0.39 is 0 Å². The van der Waals surface area contributed by atoms with Gasteiger partial charge in [-0.2, -0.15) is 0 Å². The highest BCUT2D eigenvalue weighted by Crippen LogP contribution is 2.21. The van der Waals surface area contributed by atoms with Gasteiger partial charge in [0.2, 0.25) is 0 Å². The summed E-state index contributed by atoms with van der Waals surface area (Å²) < 4.78 is 0. The molecular weight excluding hydrogens is 204 g/mol. The van der Waals surface area contributed by atoms with Gasteiger partial charge >= 0.3 is 0 Å². The number of hydrogen-bond acceptors (Lipinski definition) is 2. The van der Waals surface area contributed by atoms with Gasteiger partial charge < -0.3 is 4.98 Å². The van der Waals surface area contributed by atoms with Crippen molar-refractivity contribution in [3.05, 3.63) is 40.1 Å². The standard InChI is InChI=1S/C12H14N2O2/c1-2-3-4-10-7-9-5-6-11(14(15)16)8-12(9)13-10/h5-8,13H,2-4H2,1H3. The van der Waals surface area contributed by atoms with Crippen molar-refractivity contribution >= 4 is 16.6 Å². The Labute approximate surface area is 93.4 Å². The topological polar surface area (TPSA) is 58.9 Å². The van der Waals surface area contributed by atoms with Crippen LogP contribution in [0.3, 0.4) is 0 Å². The number of rotatable bonds is 4. The Bertz CT molecular complexity index is 517.